The molecule has 6 heteroatoms. The maximum absolute atomic E-state index is 7.18. The van der Waals surface area contributed by atoms with Crippen molar-refractivity contribution in [2.45, 2.75) is 123 Å². The average molecular weight is 556 g/mol. The first-order chi connectivity index (χ1) is 17.8. The van der Waals surface area contributed by atoms with Gasteiger partial charge in [-0.2, -0.15) is 0 Å². The zero-order valence-electron chi connectivity index (χ0n) is 25.4. The Hall–Kier alpha value is -0.956. The molecule has 0 N–H and O–H groups in total. The van der Waals surface area contributed by atoms with E-state index in [2.05, 4.69) is 83.5 Å². The second-order valence-corrected chi connectivity index (χ2v) is 24.3. The van der Waals surface area contributed by atoms with Gasteiger partial charge in [0.15, 0.2) is 16.6 Å². The first-order valence-corrected chi connectivity index (χ1v) is 22.2. The molecule has 4 fully saturated rings. The maximum Gasteiger partial charge on any atom is 0.184 e. The van der Waals surface area contributed by atoms with E-state index in [4.69, 9.17) is 18.8 Å². The minimum atomic E-state index is -1.71. The first-order valence-electron chi connectivity index (χ1n) is 15.4. The predicted octanol–water partition coefficient (Wildman–Crippen LogP) is 8.65. The van der Waals surface area contributed by atoms with Gasteiger partial charge in [0.05, 0.1) is 5.71 Å². The molecule has 8 atom stereocenters. The van der Waals surface area contributed by atoms with E-state index in [9.17, 15) is 0 Å². The molecular weight excluding hydrogens is 503 g/mol. The van der Waals surface area contributed by atoms with Gasteiger partial charge in [-0.15, -0.1) is 0 Å². The highest BCUT2D eigenvalue weighted by Crippen LogP contribution is 2.66. The molecule has 8 unspecified atom stereocenters. The second-order valence-electron chi connectivity index (χ2n) is 15.4. The monoisotopic (exact) mass is 555 g/mol. The summed E-state index contributed by atoms with van der Waals surface area (Å²) in [6, 6.07) is 10.4. The predicted molar refractivity (Wildman–Crippen MR) is 162 cm³/mol. The molecule has 0 radical (unpaired) electrons. The molecule has 38 heavy (non-hydrogen) atoms. The molecule has 4 nitrogen and oxygen atoms in total. The van der Waals surface area contributed by atoms with E-state index in [-0.39, 0.29) is 5.41 Å². The van der Waals surface area contributed by atoms with Crippen LogP contribution in [-0.2, 0) is 20.3 Å². The molecule has 1 aromatic carbocycles. The summed E-state index contributed by atoms with van der Waals surface area (Å²) in [6.45, 7) is 19.9. The molecule has 0 bridgehead atoms. The molecule has 0 saturated heterocycles. The number of fused-ring (bicyclic) bond motifs is 5. The molecule has 0 heterocycles. The van der Waals surface area contributed by atoms with Gasteiger partial charge in [-0.1, -0.05) is 49.3 Å². The lowest BCUT2D eigenvalue weighted by Gasteiger charge is -2.63. The fraction of sp³-hybridized carbons (Fsp3) is 0.781. The fourth-order valence-electron chi connectivity index (χ4n) is 9.18. The summed E-state index contributed by atoms with van der Waals surface area (Å²) in [7, 11) is -3.23. The van der Waals surface area contributed by atoms with Gasteiger partial charge in [0.25, 0.3) is 0 Å². The topological polar surface area (TPSA) is 40.0 Å². The number of nitrogens with zero attached hydrogens (tertiary/aromatic N) is 1. The molecule has 5 rings (SSSR count). The molecule has 212 valence electrons. The van der Waals surface area contributed by atoms with Crippen LogP contribution in [0.15, 0.2) is 35.5 Å². The van der Waals surface area contributed by atoms with E-state index in [1.807, 2.05) is 0 Å². The van der Waals surface area contributed by atoms with Crippen molar-refractivity contribution >= 4 is 22.3 Å². The van der Waals surface area contributed by atoms with Crippen LogP contribution < -0.4 is 0 Å². The minimum Gasteiger partial charge on any atom is -0.415 e. The van der Waals surface area contributed by atoms with Crippen molar-refractivity contribution in [1.29, 1.82) is 0 Å². The molecule has 0 aromatic heterocycles. The van der Waals surface area contributed by atoms with Crippen LogP contribution in [0.3, 0.4) is 0 Å². The quantitative estimate of drug-likeness (QED) is 0.250. The number of rotatable bonds is 7. The lowest BCUT2D eigenvalue weighted by molar-refractivity contribution is -0.157. The van der Waals surface area contributed by atoms with Crippen LogP contribution in [-0.4, -0.2) is 34.6 Å². The molecule has 0 aliphatic heterocycles. The highest BCUT2D eigenvalue weighted by atomic mass is 28.4. The van der Waals surface area contributed by atoms with Gasteiger partial charge in [-0.3, -0.25) is 0 Å². The maximum atomic E-state index is 7.18. The highest BCUT2D eigenvalue weighted by molar-refractivity contribution is 6.70. The van der Waals surface area contributed by atoms with Crippen LogP contribution in [0, 0.1) is 34.5 Å². The molecule has 4 aliphatic rings. The molecule has 4 saturated carbocycles. The third-order valence-electron chi connectivity index (χ3n) is 10.5. The normalized spacial score (nSPS) is 40.4. The first kappa shape index (κ1) is 28.6. The minimum absolute atomic E-state index is 0.0868. The van der Waals surface area contributed by atoms with Crippen molar-refractivity contribution in [2.75, 3.05) is 0 Å². The largest absolute Gasteiger partial charge is 0.415 e. The van der Waals surface area contributed by atoms with Crippen molar-refractivity contribution in [3.63, 3.8) is 0 Å². The van der Waals surface area contributed by atoms with Gasteiger partial charge in [0.1, 0.15) is 6.61 Å². The third-order valence-corrected chi connectivity index (χ3v) is 12.6. The molecule has 4 aliphatic carbocycles. The average Bonchev–Trinajstić information content (AvgIpc) is 3.13. The van der Waals surface area contributed by atoms with Gasteiger partial charge in [0, 0.05) is 17.6 Å². The van der Waals surface area contributed by atoms with Crippen molar-refractivity contribution in [1.82, 2.24) is 0 Å². The summed E-state index contributed by atoms with van der Waals surface area (Å²) < 4.78 is 13.9. The number of oxime groups is 1. The molecule has 0 spiro atoms. The second kappa shape index (κ2) is 10.5. The zero-order valence-corrected chi connectivity index (χ0v) is 27.4. The summed E-state index contributed by atoms with van der Waals surface area (Å²) in [5.41, 5.74) is 2.92. The van der Waals surface area contributed by atoms with E-state index >= 15 is 0 Å². The van der Waals surface area contributed by atoms with Crippen LogP contribution in [0.25, 0.3) is 0 Å². The van der Waals surface area contributed by atoms with Crippen molar-refractivity contribution in [2.24, 2.45) is 39.7 Å². The summed E-state index contributed by atoms with van der Waals surface area (Å²) in [5, 5.41) is 4.85. The van der Waals surface area contributed by atoms with Crippen molar-refractivity contribution in [3.05, 3.63) is 35.9 Å². The zero-order chi connectivity index (χ0) is 27.3. The van der Waals surface area contributed by atoms with E-state index < -0.39 is 16.6 Å². The molecule has 0 amide bonds. The van der Waals surface area contributed by atoms with Crippen LogP contribution in [0.2, 0.25) is 39.3 Å². The Morgan fingerprint density at radius 3 is 2.29 bits per heavy atom. The van der Waals surface area contributed by atoms with Crippen LogP contribution in [0.1, 0.15) is 70.8 Å². The lowest BCUT2D eigenvalue weighted by Crippen LogP contribution is -2.61. The van der Waals surface area contributed by atoms with Crippen LogP contribution in [0.5, 0.6) is 0 Å². The van der Waals surface area contributed by atoms with E-state index in [0.717, 1.165) is 24.7 Å². The summed E-state index contributed by atoms with van der Waals surface area (Å²) in [5.74, 6) is 2.84. The van der Waals surface area contributed by atoms with Gasteiger partial charge < -0.3 is 13.7 Å². The Labute approximate surface area is 234 Å². The third kappa shape index (κ3) is 5.75. The molecular formula is C32H53NO3Si2. The van der Waals surface area contributed by atoms with Gasteiger partial charge in [-0.25, -0.2) is 0 Å². The van der Waals surface area contributed by atoms with Gasteiger partial charge in [-0.05, 0) is 125 Å². The van der Waals surface area contributed by atoms with Crippen molar-refractivity contribution in [3.8, 4) is 0 Å². The SMILES string of the molecule is CC12CC(O[Si](C)(C)C)C3C(CCC4CC(O[Si](C)(C)C)CCC43C)C1CC/C2=N\OCc1ccccc1. The van der Waals surface area contributed by atoms with Crippen LogP contribution in [0.4, 0.5) is 0 Å². The van der Waals surface area contributed by atoms with E-state index in [1.165, 1.54) is 49.8 Å². The summed E-state index contributed by atoms with van der Waals surface area (Å²) in [4.78, 5) is 5.99. The van der Waals surface area contributed by atoms with Crippen LogP contribution >= 0.6 is 0 Å². The Balaban J connectivity index is 1.39. The fourth-order valence-corrected chi connectivity index (χ4v) is 11.5. The smallest absolute Gasteiger partial charge is 0.184 e. The van der Waals surface area contributed by atoms with Crippen molar-refractivity contribution < 1.29 is 13.7 Å². The lowest BCUT2D eigenvalue weighted by atomic mass is 9.44. The Kier molecular flexibility index (Phi) is 7.87. The summed E-state index contributed by atoms with van der Waals surface area (Å²) in [6.07, 6.45) is 10.7. The Morgan fingerprint density at radius 2 is 1.61 bits per heavy atom. The standard InChI is InChI=1S/C32H53NO3Si2/c1-31-19-18-25(35-37(3,4)5)20-24(31)14-15-26-27-16-17-29(33-34-22-23-12-10-9-11-13-23)32(27,2)21-28(30(26)31)36-38(6,7)8/h9-13,24-28,30H,14-22H2,1-8H3/b33-29+. The highest BCUT2D eigenvalue weighted by Gasteiger charge is 2.63. The molecule has 1 aromatic rings. The Morgan fingerprint density at radius 1 is 0.895 bits per heavy atom. The summed E-state index contributed by atoms with van der Waals surface area (Å²) >= 11 is 0. The Bertz CT molecular complexity index is 1000. The van der Waals surface area contributed by atoms with E-state index in [0.29, 0.717) is 36.1 Å². The number of benzene rings is 1. The van der Waals surface area contributed by atoms with E-state index in [1.54, 1.807) is 0 Å². The van der Waals surface area contributed by atoms with Gasteiger partial charge >= 0.3 is 0 Å². The van der Waals surface area contributed by atoms with Gasteiger partial charge in [0.2, 0.25) is 0 Å². The number of hydrogen-bond donors (Lipinski definition) is 0. The number of hydrogen-bond acceptors (Lipinski definition) is 4.